The molecule has 4 saturated carbocycles. The van der Waals surface area contributed by atoms with Crippen molar-refractivity contribution in [2.45, 2.75) is 38.5 Å². The third-order valence-electron chi connectivity index (χ3n) is 5.86. The van der Waals surface area contributed by atoms with Gasteiger partial charge in [-0.1, -0.05) is 0 Å². The molecule has 0 unspecified atom stereocenters. The van der Waals surface area contributed by atoms with Crippen molar-refractivity contribution in [3.8, 4) is 0 Å². The Morgan fingerprint density at radius 2 is 1.86 bits per heavy atom. The lowest BCUT2D eigenvalue weighted by Gasteiger charge is -2.53. The van der Waals surface area contributed by atoms with E-state index in [1.165, 1.54) is 38.3 Å². The molecule has 1 heterocycles. The number of aromatic amines is 1. The molecular formula is C17H22N2O3. The van der Waals surface area contributed by atoms with Crippen LogP contribution in [-0.2, 0) is 16.0 Å². The number of carbonyl (C=O) groups excluding carboxylic acids is 1. The summed E-state index contributed by atoms with van der Waals surface area (Å²) in [5.74, 6) is 3.03. The van der Waals surface area contributed by atoms with Crippen LogP contribution in [0.5, 0.6) is 0 Å². The Balaban J connectivity index is 1.33. The van der Waals surface area contributed by atoms with Crippen LogP contribution in [0.4, 0.5) is 0 Å². The lowest BCUT2D eigenvalue weighted by Crippen LogP contribution is -2.48. The number of nitrogens with one attached hydrogen (secondary N) is 1. The molecule has 1 aromatic rings. The van der Waals surface area contributed by atoms with E-state index in [4.69, 9.17) is 4.74 Å². The maximum Gasteiger partial charge on any atom is 0.344 e. The standard InChI is InChI=1S/C17H22N2O3/c20-16(22-2-1-10-8-18-17(21)19-9-10)15-13-4-11-3-12(6-13)7-14(15)5-11/h8-9,11-15H,1-7H2,(H,18,19,21). The molecule has 0 amide bonds. The molecule has 5 nitrogen and oxygen atoms in total. The van der Waals surface area contributed by atoms with E-state index in [-0.39, 0.29) is 17.6 Å². The van der Waals surface area contributed by atoms with E-state index in [9.17, 15) is 9.59 Å². The first kappa shape index (κ1) is 14.0. The second-order valence-corrected chi connectivity index (χ2v) is 7.30. The van der Waals surface area contributed by atoms with Crippen molar-refractivity contribution in [1.29, 1.82) is 0 Å². The van der Waals surface area contributed by atoms with E-state index in [2.05, 4.69) is 9.97 Å². The van der Waals surface area contributed by atoms with Crippen LogP contribution in [-0.4, -0.2) is 22.5 Å². The Labute approximate surface area is 129 Å². The summed E-state index contributed by atoms with van der Waals surface area (Å²) in [4.78, 5) is 29.6. The Morgan fingerprint density at radius 1 is 1.18 bits per heavy atom. The summed E-state index contributed by atoms with van der Waals surface area (Å²) in [6.45, 7) is 0.370. The fourth-order valence-corrected chi connectivity index (χ4v) is 5.18. The largest absolute Gasteiger partial charge is 0.465 e. The Hall–Kier alpha value is -1.65. The van der Waals surface area contributed by atoms with Crippen LogP contribution in [0.2, 0.25) is 0 Å². The molecule has 0 spiro atoms. The van der Waals surface area contributed by atoms with Gasteiger partial charge in [0, 0.05) is 18.8 Å². The summed E-state index contributed by atoms with van der Waals surface area (Å²) in [5.41, 5.74) is 0.534. The Kier molecular flexibility index (Phi) is 3.51. The van der Waals surface area contributed by atoms with E-state index < -0.39 is 0 Å². The predicted molar refractivity (Wildman–Crippen MR) is 80.1 cm³/mol. The van der Waals surface area contributed by atoms with E-state index in [1.807, 2.05) is 0 Å². The number of hydrogen-bond acceptors (Lipinski definition) is 4. The molecule has 0 atom stereocenters. The first-order valence-corrected chi connectivity index (χ1v) is 8.39. The topological polar surface area (TPSA) is 72.0 Å². The maximum atomic E-state index is 12.5. The second kappa shape index (κ2) is 5.52. The van der Waals surface area contributed by atoms with Gasteiger partial charge in [0.25, 0.3) is 0 Å². The van der Waals surface area contributed by atoms with E-state index >= 15 is 0 Å². The first-order chi connectivity index (χ1) is 10.7. The molecule has 5 rings (SSSR count). The normalized spacial score (nSPS) is 35.5. The number of nitrogens with zero attached hydrogens (tertiary/aromatic N) is 1. The molecule has 0 aromatic carbocycles. The Morgan fingerprint density at radius 3 is 2.45 bits per heavy atom. The quantitative estimate of drug-likeness (QED) is 0.863. The average molecular weight is 302 g/mol. The lowest BCUT2D eigenvalue weighted by molar-refractivity contribution is -0.162. The van der Waals surface area contributed by atoms with Gasteiger partial charge in [-0.3, -0.25) is 4.79 Å². The van der Waals surface area contributed by atoms with E-state index in [0.717, 1.165) is 17.4 Å². The molecule has 4 aliphatic rings. The molecule has 0 radical (unpaired) electrons. The molecule has 5 heteroatoms. The monoisotopic (exact) mass is 302 g/mol. The summed E-state index contributed by atoms with van der Waals surface area (Å²) in [6, 6.07) is 0. The third-order valence-corrected chi connectivity index (χ3v) is 5.86. The van der Waals surface area contributed by atoms with Gasteiger partial charge >= 0.3 is 11.7 Å². The lowest BCUT2D eigenvalue weighted by atomic mass is 9.52. The number of carbonyl (C=O) groups is 1. The third kappa shape index (κ3) is 2.57. The zero-order valence-electron chi connectivity index (χ0n) is 12.7. The summed E-state index contributed by atoms with van der Waals surface area (Å²) in [6.07, 6.45) is 10.1. The van der Waals surface area contributed by atoms with Crippen molar-refractivity contribution in [3.63, 3.8) is 0 Å². The maximum absolute atomic E-state index is 12.5. The molecule has 0 saturated heterocycles. The van der Waals surface area contributed by atoms with Crippen LogP contribution in [0.1, 0.15) is 37.7 Å². The second-order valence-electron chi connectivity index (χ2n) is 7.30. The number of hydrogen-bond donors (Lipinski definition) is 1. The SMILES string of the molecule is O=C(OCCc1cnc(=O)[nH]c1)C1C2CC3CC(C2)CC1C3. The Bertz CT molecular complexity index is 576. The number of aromatic nitrogens is 2. The first-order valence-electron chi connectivity index (χ1n) is 8.39. The summed E-state index contributed by atoms with van der Waals surface area (Å²) in [5, 5.41) is 0. The van der Waals surface area contributed by atoms with Crippen LogP contribution in [0.25, 0.3) is 0 Å². The molecule has 22 heavy (non-hydrogen) atoms. The minimum absolute atomic E-state index is 0.00573. The molecule has 4 bridgehead atoms. The van der Waals surface area contributed by atoms with Crippen molar-refractivity contribution in [2.75, 3.05) is 6.61 Å². The van der Waals surface area contributed by atoms with Crippen molar-refractivity contribution in [3.05, 3.63) is 28.4 Å². The van der Waals surface area contributed by atoms with Gasteiger partial charge in [-0.2, -0.15) is 0 Å². The highest BCUT2D eigenvalue weighted by Crippen LogP contribution is 2.56. The number of H-pyrrole nitrogens is 1. The van der Waals surface area contributed by atoms with E-state index in [1.54, 1.807) is 6.20 Å². The van der Waals surface area contributed by atoms with Gasteiger partial charge in [-0.05, 0) is 61.3 Å². The van der Waals surface area contributed by atoms with Crippen molar-refractivity contribution in [1.82, 2.24) is 9.97 Å². The molecule has 1 aromatic heterocycles. The average Bonchev–Trinajstić information content (AvgIpc) is 2.48. The minimum Gasteiger partial charge on any atom is -0.465 e. The van der Waals surface area contributed by atoms with Gasteiger partial charge in [-0.25, -0.2) is 9.78 Å². The van der Waals surface area contributed by atoms with Crippen LogP contribution in [0.15, 0.2) is 17.2 Å². The van der Waals surface area contributed by atoms with Crippen LogP contribution in [0, 0.1) is 29.6 Å². The molecule has 1 N–H and O–H groups in total. The zero-order chi connectivity index (χ0) is 15.1. The van der Waals surface area contributed by atoms with Crippen molar-refractivity contribution in [2.24, 2.45) is 29.6 Å². The highest BCUT2D eigenvalue weighted by Gasteiger charge is 2.51. The fourth-order valence-electron chi connectivity index (χ4n) is 5.18. The molecule has 4 aliphatic carbocycles. The van der Waals surface area contributed by atoms with Gasteiger partial charge < -0.3 is 9.72 Å². The number of esters is 1. The molecule has 118 valence electrons. The summed E-state index contributed by atoms with van der Waals surface area (Å²) in [7, 11) is 0. The number of rotatable bonds is 4. The van der Waals surface area contributed by atoms with Gasteiger partial charge in [0.1, 0.15) is 0 Å². The van der Waals surface area contributed by atoms with Gasteiger partial charge in [0.05, 0.1) is 12.5 Å². The highest BCUT2D eigenvalue weighted by atomic mass is 16.5. The van der Waals surface area contributed by atoms with Crippen molar-refractivity contribution >= 4 is 5.97 Å². The minimum atomic E-state index is -0.352. The zero-order valence-corrected chi connectivity index (χ0v) is 12.7. The highest BCUT2D eigenvalue weighted by molar-refractivity contribution is 5.73. The van der Waals surface area contributed by atoms with Crippen molar-refractivity contribution < 1.29 is 9.53 Å². The molecule has 4 fully saturated rings. The predicted octanol–water partition coefficient (Wildman–Crippen LogP) is 1.93. The summed E-state index contributed by atoms with van der Waals surface area (Å²) >= 11 is 0. The van der Waals surface area contributed by atoms with Gasteiger partial charge in [-0.15, -0.1) is 0 Å². The smallest absolute Gasteiger partial charge is 0.344 e. The fraction of sp³-hybridized carbons (Fsp3) is 0.706. The van der Waals surface area contributed by atoms with Crippen LogP contribution in [0.3, 0.4) is 0 Å². The van der Waals surface area contributed by atoms with Crippen LogP contribution < -0.4 is 5.69 Å². The van der Waals surface area contributed by atoms with Gasteiger partial charge in [0.2, 0.25) is 0 Å². The van der Waals surface area contributed by atoms with E-state index in [0.29, 0.717) is 24.9 Å². The molecule has 0 aliphatic heterocycles. The number of ether oxygens (including phenoxy) is 1. The summed E-state index contributed by atoms with van der Waals surface area (Å²) < 4.78 is 5.54. The van der Waals surface area contributed by atoms with Crippen LogP contribution >= 0.6 is 0 Å². The molecular weight excluding hydrogens is 280 g/mol. The van der Waals surface area contributed by atoms with Gasteiger partial charge in [0.15, 0.2) is 0 Å².